The molecule has 0 aromatic heterocycles. The minimum Gasteiger partial charge on any atom is -0.489 e. The number of hydrogen-bond donors (Lipinski definition) is 1. The van der Waals surface area contributed by atoms with E-state index in [1.165, 1.54) is 16.7 Å². The van der Waals surface area contributed by atoms with Gasteiger partial charge in [-0.15, -0.1) is 0 Å². The molecule has 3 heteroatoms. The topological polar surface area (TPSA) is 21.3 Å². The second kappa shape index (κ2) is 8.20. The molecule has 0 fully saturated rings. The lowest BCUT2D eigenvalue weighted by Gasteiger charge is -2.13. The highest BCUT2D eigenvalue weighted by atomic mass is 79.9. The lowest BCUT2D eigenvalue weighted by molar-refractivity contribution is 0.302. The van der Waals surface area contributed by atoms with Gasteiger partial charge in [-0.25, -0.2) is 0 Å². The van der Waals surface area contributed by atoms with Crippen molar-refractivity contribution in [2.75, 3.05) is 6.54 Å². The summed E-state index contributed by atoms with van der Waals surface area (Å²) in [6.07, 6.45) is 1.13. The van der Waals surface area contributed by atoms with Crippen molar-refractivity contribution in [1.29, 1.82) is 0 Å². The molecule has 2 aromatic rings. The lowest BCUT2D eigenvalue weighted by atomic mass is 10.1. The van der Waals surface area contributed by atoms with Gasteiger partial charge in [0.25, 0.3) is 0 Å². The smallest absolute Gasteiger partial charge is 0.124 e. The molecule has 0 heterocycles. The Morgan fingerprint density at radius 3 is 2.57 bits per heavy atom. The Hall–Kier alpha value is -1.32. The van der Waals surface area contributed by atoms with E-state index in [-0.39, 0.29) is 0 Å². The third-order valence-corrected chi connectivity index (χ3v) is 3.77. The number of benzene rings is 2. The molecule has 0 spiro atoms. The molecule has 21 heavy (non-hydrogen) atoms. The lowest BCUT2D eigenvalue weighted by Crippen LogP contribution is -2.14. The van der Waals surface area contributed by atoms with Crippen LogP contribution in [0.2, 0.25) is 0 Å². The number of ether oxygens (including phenoxy) is 1. The molecule has 112 valence electrons. The molecule has 0 aliphatic carbocycles. The summed E-state index contributed by atoms with van der Waals surface area (Å²) < 4.78 is 7.07. The zero-order valence-electron chi connectivity index (χ0n) is 12.7. The Morgan fingerprint density at radius 2 is 1.86 bits per heavy atom. The van der Waals surface area contributed by atoms with E-state index in [2.05, 4.69) is 65.4 Å². The van der Waals surface area contributed by atoms with E-state index in [0.717, 1.165) is 29.7 Å². The number of aryl methyl sites for hydroxylation is 1. The van der Waals surface area contributed by atoms with Gasteiger partial charge in [0.15, 0.2) is 0 Å². The molecule has 2 aromatic carbocycles. The Labute approximate surface area is 135 Å². The van der Waals surface area contributed by atoms with E-state index in [1.54, 1.807) is 0 Å². The largest absolute Gasteiger partial charge is 0.489 e. The van der Waals surface area contributed by atoms with Gasteiger partial charge < -0.3 is 10.1 Å². The molecule has 1 N–H and O–H groups in total. The second-order valence-electron chi connectivity index (χ2n) is 5.20. The molecular formula is C18H22BrNO. The van der Waals surface area contributed by atoms with Crippen LogP contribution in [0.5, 0.6) is 5.75 Å². The van der Waals surface area contributed by atoms with E-state index in [4.69, 9.17) is 4.74 Å². The minimum atomic E-state index is 0.600. The first-order valence-electron chi connectivity index (χ1n) is 7.36. The Morgan fingerprint density at radius 1 is 1.10 bits per heavy atom. The molecule has 0 saturated carbocycles. The zero-order valence-corrected chi connectivity index (χ0v) is 14.2. The van der Waals surface area contributed by atoms with Crippen molar-refractivity contribution in [3.8, 4) is 5.75 Å². The van der Waals surface area contributed by atoms with Crippen LogP contribution in [0.1, 0.15) is 30.0 Å². The van der Waals surface area contributed by atoms with Gasteiger partial charge in [0, 0.05) is 16.6 Å². The monoisotopic (exact) mass is 347 g/mol. The SMILES string of the molecule is CCCNCc1cc(Br)ccc1OCc1ccc(C)cc1. The van der Waals surface area contributed by atoms with Crippen LogP contribution in [-0.2, 0) is 13.2 Å². The Balaban J connectivity index is 2.02. The van der Waals surface area contributed by atoms with E-state index >= 15 is 0 Å². The summed E-state index contributed by atoms with van der Waals surface area (Å²) in [6, 6.07) is 14.6. The van der Waals surface area contributed by atoms with Gasteiger partial charge in [0.1, 0.15) is 12.4 Å². The summed E-state index contributed by atoms with van der Waals surface area (Å²) in [7, 11) is 0. The highest BCUT2D eigenvalue weighted by molar-refractivity contribution is 9.10. The van der Waals surface area contributed by atoms with Crippen LogP contribution < -0.4 is 10.1 Å². The molecule has 0 aliphatic heterocycles. The van der Waals surface area contributed by atoms with Gasteiger partial charge in [-0.3, -0.25) is 0 Å². The van der Waals surface area contributed by atoms with Crippen LogP contribution in [0.3, 0.4) is 0 Å². The standard InChI is InChI=1S/C18H22BrNO/c1-3-10-20-12-16-11-17(19)8-9-18(16)21-13-15-6-4-14(2)5-7-15/h4-9,11,20H,3,10,12-13H2,1-2H3. The van der Waals surface area contributed by atoms with Gasteiger partial charge in [0.05, 0.1) is 0 Å². The average Bonchev–Trinajstić information content (AvgIpc) is 2.48. The van der Waals surface area contributed by atoms with E-state index in [0.29, 0.717) is 6.61 Å². The third kappa shape index (κ3) is 5.18. The molecule has 0 radical (unpaired) electrons. The van der Waals surface area contributed by atoms with E-state index in [1.807, 2.05) is 12.1 Å². The zero-order chi connectivity index (χ0) is 15.1. The molecule has 0 unspecified atom stereocenters. The average molecular weight is 348 g/mol. The summed E-state index contributed by atoms with van der Waals surface area (Å²) >= 11 is 3.53. The maximum absolute atomic E-state index is 5.99. The number of nitrogens with one attached hydrogen (secondary N) is 1. The van der Waals surface area contributed by atoms with Crippen LogP contribution in [-0.4, -0.2) is 6.54 Å². The van der Waals surface area contributed by atoms with Crippen molar-refractivity contribution in [2.24, 2.45) is 0 Å². The fourth-order valence-corrected chi connectivity index (χ4v) is 2.48. The van der Waals surface area contributed by atoms with Crippen LogP contribution >= 0.6 is 15.9 Å². The van der Waals surface area contributed by atoms with Crippen LogP contribution in [0.15, 0.2) is 46.9 Å². The molecule has 2 rings (SSSR count). The summed E-state index contributed by atoms with van der Waals surface area (Å²) in [5, 5.41) is 3.42. The molecule has 0 amide bonds. The molecule has 0 atom stereocenters. The first-order valence-corrected chi connectivity index (χ1v) is 8.16. The maximum atomic E-state index is 5.99. The Kier molecular flexibility index (Phi) is 6.27. The number of rotatable bonds is 7. The quantitative estimate of drug-likeness (QED) is 0.723. The van der Waals surface area contributed by atoms with Crippen molar-refractivity contribution in [2.45, 2.75) is 33.4 Å². The van der Waals surface area contributed by atoms with Gasteiger partial charge in [-0.1, -0.05) is 52.7 Å². The van der Waals surface area contributed by atoms with Crippen LogP contribution in [0.4, 0.5) is 0 Å². The minimum absolute atomic E-state index is 0.600. The summed E-state index contributed by atoms with van der Waals surface area (Å²) in [5.74, 6) is 0.947. The predicted molar refractivity (Wildman–Crippen MR) is 91.7 cm³/mol. The van der Waals surface area contributed by atoms with E-state index in [9.17, 15) is 0 Å². The van der Waals surface area contributed by atoms with Crippen LogP contribution in [0, 0.1) is 6.92 Å². The fourth-order valence-electron chi connectivity index (χ4n) is 2.07. The normalized spacial score (nSPS) is 10.6. The summed E-state index contributed by atoms with van der Waals surface area (Å²) in [6.45, 7) is 6.71. The first-order chi connectivity index (χ1) is 10.2. The fraction of sp³-hybridized carbons (Fsp3) is 0.333. The van der Waals surface area contributed by atoms with Crippen molar-refractivity contribution in [3.63, 3.8) is 0 Å². The summed E-state index contributed by atoms with van der Waals surface area (Å²) in [4.78, 5) is 0. The number of hydrogen-bond acceptors (Lipinski definition) is 2. The first kappa shape index (κ1) is 16.1. The molecule has 2 nitrogen and oxygen atoms in total. The van der Waals surface area contributed by atoms with Crippen molar-refractivity contribution in [1.82, 2.24) is 5.32 Å². The van der Waals surface area contributed by atoms with Gasteiger partial charge in [-0.05, 0) is 43.7 Å². The molecular weight excluding hydrogens is 326 g/mol. The Bertz CT molecular complexity index is 566. The predicted octanol–water partition coefficient (Wildman–Crippen LogP) is 4.84. The molecule has 0 bridgehead atoms. The van der Waals surface area contributed by atoms with Crippen molar-refractivity contribution in [3.05, 3.63) is 63.6 Å². The van der Waals surface area contributed by atoms with Crippen LogP contribution in [0.25, 0.3) is 0 Å². The second-order valence-corrected chi connectivity index (χ2v) is 6.12. The van der Waals surface area contributed by atoms with E-state index < -0.39 is 0 Å². The van der Waals surface area contributed by atoms with Gasteiger partial charge in [-0.2, -0.15) is 0 Å². The molecule has 0 saturated heterocycles. The van der Waals surface area contributed by atoms with Gasteiger partial charge >= 0.3 is 0 Å². The summed E-state index contributed by atoms with van der Waals surface area (Å²) in [5.41, 5.74) is 3.65. The van der Waals surface area contributed by atoms with Crippen molar-refractivity contribution < 1.29 is 4.74 Å². The third-order valence-electron chi connectivity index (χ3n) is 3.28. The van der Waals surface area contributed by atoms with Gasteiger partial charge in [0.2, 0.25) is 0 Å². The molecule has 0 aliphatic rings. The van der Waals surface area contributed by atoms with Crippen molar-refractivity contribution >= 4 is 15.9 Å². The maximum Gasteiger partial charge on any atom is 0.124 e. The highest BCUT2D eigenvalue weighted by Crippen LogP contribution is 2.24. The highest BCUT2D eigenvalue weighted by Gasteiger charge is 2.05. The number of halogens is 1.